The van der Waals surface area contributed by atoms with Gasteiger partial charge in [-0.05, 0) is 32.6 Å². The molecule has 0 bridgehead atoms. The quantitative estimate of drug-likeness (QED) is 0.258. The molecule has 2 rings (SSSR count). The third-order valence-electron chi connectivity index (χ3n) is 4.98. The number of unbranched alkanes of at least 4 members (excludes halogenated alkanes) is 3. The maximum Gasteiger partial charge on any atom is 0.330 e. The van der Waals surface area contributed by atoms with Crippen LogP contribution in [0.4, 0.5) is 0 Å². The van der Waals surface area contributed by atoms with E-state index in [-0.39, 0.29) is 37.2 Å². The number of ether oxygens (including phenoxy) is 2. The fraction of sp³-hybridized carbons (Fsp3) is 0.667. The Labute approximate surface area is 205 Å². The molecule has 0 aromatic carbocycles. The van der Waals surface area contributed by atoms with Gasteiger partial charge in [0.2, 0.25) is 0 Å². The molecule has 1 saturated heterocycles. The first-order valence-electron chi connectivity index (χ1n) is 11.7. The number of rotatable bonds is 12. The second kappa shape index (κ2) is 13.8. The average molecular weight is 510 g/mol. The van der Waals surface area contributed by atoms with Crippen molar-refractivity contribution in [2.24, 2.45) is 5.92 Å². The van der Waals surface area contributed by atoms with E-state index in [2.05, 4.69) is 22.7 Å². The lowest BCUT2D eigenvalue weighted by Gasteiger charge is -2.29. The van der Waals surface area contributed by atoms with E-state index >= 15 is 0 Å². The number of aromatic nitrogens is 2. The topological polar surface area (TPSA) is 132 Å². The summed E-state index contributed by atoms with van der Waals surface area (Å²) in [5, 5.41) is 0. The van der Waals surface area contributed by atoms with Crippen LogP contribution in [-0.4, -0.2) is 41.1 Å². The van der Waals surface area contributed by atoms with E-state index < -0.39 is 37.5 Å². The molecule has 0 aliphatic carbocycles. The number of phosphoric ester groups is 1. The normalized spacial score (nSPS) is 21.5. The Morgan fingerprint density at radius 1 is 1.29 bits per heavy atom. The molecule has 2 unspecified atom stereocenters. The molecule has 1 aliphatic rings. The summed E-state index contributed by atoms with van der Waals surface area (Å²) in [5.41, 5.74) is -1.22. The second-order valence-corrected chi connectivity index (χ2v) is 10.3. The first-order chi connectivity index (χ1) is 16.5. The molecule has 2 heterocycles. The van der Waals surface area contributed by atoms with Crippen LogP contribution in [0.15, 0.2) is 15.8 Å². The molecular formula is C24H34N2O8P-. The second-order valence-electron chi connectivity index (χ2n) is 8.95. The summed E-state index contributed by atoms with van der Waals surface area (Å²) < 4.78 is 35.3. The van der Waals surface area contributed by atoms with Crippen LogP contribution in [0.1, 0.15) is 71.6 Å². The van der Waals surface area contributed by atoms with Gasteiger partial charge in [-0.3, -0.25) is 18.9 Å². The van der Waals surface area contributed by atoms with Crippen LogP contribution < -0.4 is 16.1 Å². The molecule has 4 atom stereocenters. The van der Waals surface area contributed by atoms with Crippen LogP contribution in [0.25, 0.3) is 0 Å². The third-order valence-corrected chi connectivity index (χ3v) is 5.97. The zero-order chi connectivity index (χ0) is 26.0. The molecule has 0 radical (unpaired) electrons. The summed E-state index contributed by atoms with van der Waals surface area (Å²) in [4.78, 5) is 39.3. The van der Waals surface area contributed by atoms with Crippen LogP contribution in [0.2, 0.25) is 0 Å². The fourth-order valence-electron chi connectivity index (χ4n) is 3.24. The first kappa shape index (κ1) is 29.1. The van der Waals surface area contributed by atoms with E-state index in [0.29, 0.717) is 12.8 Å². The number of hydrogen-bond acceptors (Lipinski definition) is 8. The van der Waals surface area contributed by atoms with Crippen LogP contribution in [0.3, 0.4) is 0 Å². The van der Waals surface area contributed by atoms with Gasteiger partial charge in [-0.25, -0.2) is 4.79 Å². The molecule has 1 aromatic heterocycles. The summed E-state index contributed by atoms with van der Waals surface area (Å²) in [6, 6.07) is 0. The number of nitrogens with one attached hydrogen (secondary N) is 1. The van der Waals surface area contributed by atoms with E-state index in [4.69, 9.17) is 24.9 Å². The van der Waals surface area contributed by atoms with Crippen LogP contribution in [0, 0.1) is 30.1 Å². The average Bonchev–Trinajstić information content (AvgIpc) is 3.16. The standard InChI is InChI=1S/C24H35N2O8P/c1-6-7-8-9-10-11-12-19-14-26(24(28)25-23(19)27)22-13-20(21(33-22)16-31-18(4)5)34-35(29,30)32-15-17(2)3/h1,14,17-18,20-22H,7-10,13,15-16H2,2-5H3,(H,29,30)(H,25,27,28)/p-1/t20?,21-,22-/m1/s1. The Kier molecular flexibility index (Phi) is 11.5. The lowest BCUT2D eigenvalue weighted by atomic mass is 10.2. The minimum atomic E-state index is -4.62. The minimum Gasteiger partial charge on any atom is -0.756 e. The van der Waals surface area contributed by atoms with Crippen LogP contribution in [-0.2, 0) is 23.1 Å². The van der Waals surface area contributed by atoms with Crippen molar-refractivity contribution in [3.63, 3.8) is 0 Å². The summed E-state index contributed by atoms with van der Waals surface area (Å²) in [6.45, 7) is 7.32. The molecule has 10 nitrogen and oxygen atoms in total. The molecule has 1 fully saturated rings. The van der Waals surface area contributed by atoms with Gasteiger partial charge in [0.25, 0.3) is 13.4 Å². The molecule has 1 aliphatic heterocycles. The van der Waals surface area contributed by atoms with Crippen molar-refractivity contribution in [3.05, 3.63) is 32.6 Å². The van der Waals surface area contributed by atoms with E-state index in [1.54, 1.807) is 0 Å². The van der Waals surface area contributed by atoms with Crippen molar-refractivity contribution in [2.45, 2.75) is 84.3 Å². The highest BCUT2D eigenvalue weighted by Gasteiger charge is 2.40. The highest BCUT2D eigenvalue weighted by atomic mass is 31.2. The van der Waals surface area contributed by atoms with Gasteiger partial charge in [0.05, 0.1) is 25.4 Å². The van der Waals surface area contributed by atoms with Gasteiger partial charge >= 0.3 is 5.69 Å². The number of aromatic amines is 1. The highest BCUT2D eigenvalue weighted by molar-refractivity contribution is 7.45. The molecular weight excluding hydrogens is 475 g/mol. The smallest absolute Gasteiger partial charge is 0.330 e. The van der Waals surface area contributed by atoms with Gasteiger partial charge in [0.1, 0.15) is 17.9 Å². The van der Waals surface area contributed by atoms with Crippen molar-refractivity contribution < 1.29 is 28.0 Å². The maximum atomic E-state index is 12.5. The lowest BCUT2D eigenvalue weighted by Crippen LogP contribution is -2.34. The van der Waals surface area contributed by atoms with Gasteiger partial charge in [-0.1, -0.05) is 25.7 Å². The Hall–Kier alpha value is -2.17. The van der Waals surface area contributed by atoms with Crippen molar-refractivity contribution in [2.75, 3.05) is 13.2 Å². The summed E-state index contributed by atoms with van der Waals surface area (Å²) in [5.74, 6) is 8.24. The number of nitrogens with zero attached hydrogens (tertiary/aromatic N) is 1. The summed E-state index contributed by atoms with van der Waals surface area (Å²) >= 11 is 0. The van der Waals surface area contributed by atoms with Gasteiger partial charge in [0, 0.05) is 25.5 Å². The van der Waals surface area contributed by atoms with Gasteiger partial charge in [-0.2, -0.15) is 0 Å². The lowest BCUT2D eigenvalue weighted by molar-refractivity contribution is -0.232. The Bertz CT molecular complexity index is 1090. The molecule has 35 heavy (non-hydrogen) atoms. The van der Waals surface area contributed by atoms with Crippen molar-refractivity contribution >= 4 is 7.82 Å². The molecule has 1 aromatic rings. The SMILES string of the molecule is C#CCCCCC#Cc1cn([C@H]2CC(OP(=O)([O-])OCC(C)C)[C@@H](COC(C)C)O2)c(=O)[nH]c1=O. The van der Waals surface area contributed by atoms with E-state index in [0.717, 1.165) is 12.8 Å². The summed E-state index contributed by atoms with van der Waals surface area (Å²) in [7, 11) is -4.62. The largest absolute Gasteiger partial charge is 0.756 e. The first-order valence-corrected chi connectivity index (χ1v) is 13.2. The van der Waals surface area contributed by atoms with Gasteiger partial charge in [-0.15, -0.1) is 12.3 Å². The molecule has 194 valence electrons. The Balaban J connectivity index is 2.22. The Morgan fingerprint density at radius 2 is 2.00 bits per heavy atom. The third kappa shape index (κ3) is 9.77. The fourth-order valence-corrected chi connectivity index (χ4v) is 4.34. The van der Waals surface area contributed by atoms with Crippen LogP contribution in [0.5, 0.6) is 0 Å². The van der Waals surface area contributed by atoms with Crippen molar-refractivity contribution in [1.29, 1.82) is 0 Å². The van der Waals surface area contributed by atoms with Crippen molar-refractivity contribution in [1.82, 2.24) is 9.55 Å². The maximum absolute atomic E-state index is 12.5. The number of hydrogen-bond donors (Lipinski definition) is 1. The molecule has 0 saturated carbocycles. The molecule has 0 amide bonds. The monoisotopic (exact) mass is 509 g/mol. The molecule has 11 heteroatoms. The minimum absolute atomic E-state index is 0.00917. The predicted molar refractivity (Wildman–Crippen MR) is 128 cm³/mol. The summed E-state index contributed by atoms with van der Waals surface area (Å²) in [6.07, 6.45) is 6.66. The predicted octanol–water partition coefficient (Wildman–Crippen LogP) is 2.32. The number of H-pyrrole nitrogens is 1. The van der Waals surface area contributed by atoms with E-state index in [9.17, 15) is 19.0 Å². The van der Waals surface area contributed by atoms with E-state index in [1.165, 1.54) is 10.8 Å². The highest BCUT2D eigenvalue weighted by Crippen LogP contribution is 2.45. The molecule has 1 N–H and O–H groups in total. The van der Waals surface area contributed by atoms with Gasteiger partial charge < -0.3 is 23.4 Å². The molecule has 0 spiro atoms. The number of terminal acetylenes is 1. The van der Waals surface area contributed by atoms with E-state index in [1.807, 2.05) is 27.7 Å². The zero-order valence-corrected chi connectivity index (χ0v) is 21.5. The Morgan fingerprint density at radius 3 is 2.66 bits per heavy atom. The van der Waals surface area contributed by atoms with Crippen molar-refractivity contribution in [3.8, 4) is 24.2 Å². The van der Waals surface area contributed by atoms with Crippen LogP contribution >= 0.6 is 7.82 Å². The number of phosphoric acid groups is 1. The van der Waals surface area contributed by atoms with Gasteiger partial charge in [0.15, 0.2) is 0 Å². The zero-order valence-electron chi connectivity index (χ0n) is 20.7.